The second-order valence-electron chi connectivity index (χ2n) is 5.49. The number of hydrogen-bond acceptors (Lipinski definition) is 4. The molecule has 2 aliphatic rings. The summed E-state index contributed by atoms with van der Waals surface area (Å²) < 4.78 is 5.90. The van der Waals surface area contributed by atoms with E-state index in [0.29, 0.717) is 18.1 Å². The zero-order chi connectivity index (χ0) is 12.1. The van der Waals surface area contributed by atoms with Crippen molar-refractivity contribution in [1.82, 2.24) is 4.98 Å². The average Bonchev–Trinajstić information content (AvgIpc) is 2.88. The highest BCUT2D eigenvalue weighted by atomic mass is 16.4. The first-order valence-corrected chi connectivity index (χ1v) is 6.71. The SMILES string of the molecule is NC1CC2CCC(C1)N2c1nc2ccccc2o1. The van der Waals surface area contributed by atoms with Crippen molar-refractivity contribution in [3.05, 3.63) is 24.3 Å². The van der Waals surface area contributed by atoms with Gasteiger partial charge in [-0.3, -0.25) is 0 Å². The van der Waals surface area contributed by atoms with Gasteiger partial charge in [-0.05, 0) is 37.8 Å². The quantitative estimate of drug-likeness (QED) is 0.835. The molecule has 94 valence electrons. The molecule has 2 unspecified atom stereocenters. The Morgan fingerprint density at radius 3 is 2.61 bits per heavy atom. The van der Waals surface area contributed by atoms with Crippen molar-refractivity contribution in [2.75, 3.05) is 4.90 Å². The van der Waals surface area contributed by atoms with Gasteiger partial charge in [-0.1, -0.05) is 12.1 Å². The van der Waals surface area contributed by atoms with Crippen molar-refractivity contribution >= 4 is 17.1 Å². The Hall–Kier alpha value is -1.55. The average molecular weight is 243 g/mol. The molecule has 1 aromatic heterocycles. The zero-order valence-corrected chi connectivity index (χ0v) is 10.2. The number of hydrogen-bond donors (Lipinski definition) is 1. The maximum Gasteiger partial charge on any atom is 0.298 e. The van der Waals surface area contributed by atoms with Gasteiger partial charge in [0.2, 0.25) is 0 Å². The molecule has 0 radical (unpaired) electrons. The Balaban J connectivity index is 1.74. The third-order valence-corrected chi connectivity index (χ3v) is 4.27. The van der Waals surface area contributed by atoms with Crippen LogP contribution in [0.5, 0.6) is 0 Å². The van der Waals surface area contributed by atoms with Crippen LogP contribution in [0.2, 0.25) is 0 Å². The lowest BCUT2D eigenvalue weighted by molar-refractivity contribution is 0.389. The lowest BCUT2D eigenvalue weighted by Crippen LogP contribution is -2.47. The molecule has 4 rings (SSSR count). The molecular weight excluding hydrogens is 226 g/mol. The molecule has 2 saturated heterocycles. The minimum atomic E-state index is 0.350. The van der Waals surface area contributed by atoms with Crippen LogP contribution in [-0.2, 0) is 0 Å². The summed E-state index contributed by atoms with van der Waals surface area (Å²) >= 11 is 0. The Bertz CT molecular complexity index is 532. The molecule has 2 aliphatic heterocycles. The van der Waals surface area contributed by atoms with Crippen LogP contribution in [-0.4, -0.2) is 23.1 Å². The number of benzene rings is 1. The number of anilines is 1. The van der Waals surface area contributed by atoms with E-state index < -0.39 is 0 Å². The molecule has 2 fully saturated rings. The van der Waals surface area contributed by atoms with Crippen molar-refractivity contribution in [2.24, 2.45) is 5.73 Å². The Kier molecular flexibility index (Phi) is 2.14. The molecule has 4 nitrogen and oxygen atoms in total. The van der Waals surface area contributed by atoms with E-state index in [1.54, 1.807) is 0 Å². The van der Waals surface area contributed by atoms with E-state index in [1.165, 1.54) is 12.8 Å². The number of nitrogens with two attached hydrogens (primary N) is 1. The summed E-state index contributed by atoms with van der Waals surface area (Å²) in [4.78, 5) is 6.99. The van der Waals surface area contributed by atoms with E-state index in [0.717, 1.165) is 30.0 Å². The van der Waals surface area contributed by atoms with Gasteiger partial charge in [-0.15, -0.1) is 0 Å². The van der Waals surface area contributed by atoms with Crippen LogP contribution in [0, 0.1) is 0 Å². The first-order valence-electron chi connectivity index (χ1n) is 6.71. The van der Waals surface area contributed by atoms with Crippen molar-refractivity contribution < 1.29 is 4.42 Å². The molecule has 18 heavy (non-hydrogen) atoms. The van der Waals surface area contributed by atoms with Crippen molar-refractivity contribution in [3.8, 4) is 0 Å². The van der Waals surface area contributed by atoms with E-state index >= 15 is 0 Å². The lowest BCUT2D eigenvalue weighted by Gasteiger charge is -2.36. The Labute approximate surface area is 106 Å². The molecular formula is C14H17N3O. The smallest absolute Gasteiger partial charge is 0.298 e. The lowest BCUT2D eigenvalue weighted by atomic mass is 9.99. The minimum absolute atomic E-state index is 0.350. The van der Waals surface area contributed by atoms with Gasteiger partial charge in [-0.25, -0.2) is 0 Å². The first kappa shape index (κ1) is 10.4. The summed E-state index contributed by atoms with van der Waals surface area (Å²) in [6.07, 6.45) is 4.57. The van der Waals surface area contributed by atoms with E-state index in [4.69, 9.17) is 10.2 Å². The molecule has 2 atom stereocenters. The van der Waals surface area contributed by atoms with Crippen LogP contribution in [0.1, 0.15) is 25.7 Å². The molecule has 0 amide bonds. The number of oxazole rings is 1. The van der Waals surface area contributed by atoms with Crippen LogP contribution >= 0.6 is 0 Å². The highest BCUT2D eigenvalue weighted by Gasteiger charge is 2.41. The number of aromatic nitrogens is 1. The summed E-state index contributed by atoms with van der Waals surface area (Å²) in [7, 11) is 0. The number of nitrogens with zero attached hydrogens (tertiary/aromatic N) is 2. The first-order chi connectivity index (χ1) is 8.81. The summed E-state index contributed by atoms with van der Waals surface area (Å²) in [5.41, 5.74) is 7.92. The summed E-state index contributed by atoms with van der Waals surface area (Å²) in [6.45, 7) is 0. The van der Waals surface area contributed by atoms with Gasteiger partial charge >= 0.3 is 0 Å². The van der Waals surface area contributed by atoms with Gasteiger partial charge in [0.15, 0.2) is 5.58 Å². The minimum Gasteiger partial charge on any atom is -0.423 e. The van der Waals surface area contributed by atoms with Crippen LogP contribution < -0.4 is 10.6 Å². The molecule has 2 N–H and O–H groups in total. The van der Waals surface area contributed by atoms with Crippen molar-refractivity contribution in [3.63, 3.8) is 0 Å². The highest BCUT2D eigenvalue weighted by molar-refractivity contribution is 5.74. The van der Waals surface area contributed by atoms with Crippen LogP contribution in [0.15, 0.2) is 28.7 Å². The topological polar surface area (TPSA) is 55.3 Å². The van der Waals surface area contributed by atoms with Crippen LogP contribution in [0.4, 0.5) is 6.01 Å². The van der Waals surface area contributed by atoms with Gasteiger partial charge in [0.25, 0.3) is 6.01 Å². The molecule has 0 aliphatic carbocycles. The number of piperidine rings is 1. The fourth-order valence-electron chi connectivity index (χ4n) is 3.50. The number of rotatable bonds is 1. The highest BCUT2D eigenvalue weighted by Crippen LogP contribution is 2.39. The van der Waals surface area contributed by atoms with Crippen LogP contribution in [0.3, 0.4) is 0 Å². The second-order valence-corrected chi connectivity index (χ2v) is 5.49. The monoisotopic (exact) mass is 243 g/mol. The van der Waals surface area contributed by atoms with E-state index in [1.807, 2.05) is 24.3 Å². The van der Waals surface area contributed by atoms with Gasteiger partial charge in [0.1, 0.15) is 5.52 Å². The number of para-hydroxylation sites is 2. The summed E-state index contributed by atoms with van der Waals surface area (Å²) in [6, 6.07) is 10.1. The fraction of sp³-hybridized carbons (Fsp3) is 0.500. The standard InChI is InChI=1S/C14H17N3O/c15-9-7-10-5-6-11(8-9)17(10)14-16-12-3-1-2-4-13(12)18-14/h1-4,9-11H,5-8,15H2. The van der Waals surface area contributed by atoms with Crippen molar-refractivity contribution in [2.45, 2.75) is 43.8 Å². The maximum absolute atomic E-state index is 6.09. The van der Waals surface area contributed by atoms with Gasteiger partial charge in [0, 0.05) is 18.1 Å². The van der Waals surface area contributed by atoms with E-state index in [2.05, 4.69) is 9.88 Å². The van der Waals surface area contributed by atoms with Gasteiger partial charge in [-0.2, -0.15) is 4.98 Å². The summed E-state index contributed by atoms with van der Waals surface area (Å²) in [5.74, 6) is 0. The molecule has 4 heteroatoms. The normalized spacial score (nSPS) is 31.2. The van der Waals surface area contributed by atoms with E-state index in [-0.39, 0.29) is 0 Å². The van der Waals surface area contributed by atoms with Crippen molar-refractivity contribution in [1.29, 1.82) is 0 Å². The van der Waals surface area contributed by atoms with E-state index in [9.17, 15) is 0 Å². The predicted octanol–water partition coefficient (Wildman–Crippen LogP) is 2.29. The molecule has 3 heterocycles. The largest absolute Gasteiger partial charge is 0.423 e. The molecule has 2 bridgehead atoms. The Morgan fingerprint density at radius 2 is 1.89 bits per heavy atom. The summed E-state index contributed by atoms with van der Waals surface area (Å²) in [5, 5.41) is 0. The fourth-order valence-corrected chi connectivity index (χ4v) is 3.50. The van der Waals surface area contributed by atoms with Crippen LogP contribution in [0.25, 0.3) is 11.1 Å². The molecule has 0 spiro atoms. The third kappa shape index (κ3) is 1.45. The second kappa shape index (κ2) is 3.72. The molecule has 2 aromatic rings. The Morgan fingerprint density at radius 1 is 1.17 bits per heavy atom. The zero-order valence-electron chi connectivity index (χ0n) is 10.2. The third-order valence-electron chi connectivity index (χ3n) is 4.27. The van der Waals surface area contributed by atoms with Gasteiger partial charge in [0.05, 0.1) is 0 Å². The maximum atomic E-state index is 6.09. The number of fused-ring (bicyclic) bond motifs is 3. The predicted molar refractivity (Wildman–Crippen MR) is 70.5 cm³/mol. The van der Waals surface area contributed by atoms with Gasteiger partial charge < -0.3 is 15.1 Å². The molecule has 0 saturated carbocycles. The molecule has 1 aromatic carbocycles.